The summed E-state index contributed by atoms with van der Waals surface area (Å²) in [6, 6.07) is 0.465. The van der Waals surface area contributed by atoms with Gasteiger partial charge in [-0.05, 0) is 33.1 Å². The molecule has 0 radical (unpaired) electrons. The van der Waals surface area contributed by atoms with Gasteiger partial charge in [-0.15, -0.1) is 0 Å². The Balaban J connectivity index is 2.37. The van der Waals surface area contributed by atoms with Gasteiger partial charge in [0.2, 0.25) is 0 Å². The predicted molar refractivity (Wildman–Crippen MR) is 71.9 cm³/mol. The number of aromatic nitrogens is 2. The highest BCUT2D eigenvalue weighted by atomic mass is 35.5. The summed E-state index contributed by atoms with van der Waals surface area (Å²) in [7, 11) is 2.08. The third kappa shape index (κ3) is 2.54. The molecule has 1 aromatic rings. The molecule has 1 atom stereocenters. The molecule has 0 amide bonds. The highest BCUT2D eigenvalue weighted by molar-refractivity contribution is 6.30. The first-order valence-electron chi connectivity index (χ1n) is 6.31. The van der Waals surface area contributed by atoms with Crippen molar-refractivity contribution in [1.29, 1.82) is 0 Å². The molecule has 0 bridgehead atoms. The zero-order valence-corrected chi connectivity index (χ0v) is 11.8. The smallest absolute Gasteiger partial charge is 0.137 e. The van der Waals surface area contributed by atoms with Crippen LogP contribution < -0.4 is 4.90 Å². The summed E-state index contributed by atoms with van der Waals surface area (Å²) in [5.41, 5.74) is 0.985. The summed E-state index contributed by atoms with van der Waals surface area (Å²) >= 11 is 6.21. The molecule has 1 fully saturated rings. The molecular weight excluding hydrogens is 234 g/mol. The van der Waals surface area contributed by atoms with Crippen LogP contribution in [0.25, 0.3) is 0 Å². The second-order valence-corrected chi connectivity index (χ2v) is 5.32. The summed E-state index contributed by atoms with van der Waals surface area (Å²) in [4.78, 5) is 11.3. The van der Waals surface area contributed by atoms with E-state index in [0.717, 1.165) is 23.6 Å². The standard InChI is InChI=1S/C13H20ClN3/c1-5-8(2)17(4)13-9(3)11(14)15-12(16-13)10-6-7-10/h8,10H,5-7H2,1-4H3. The molecule has 0 N–H and O–H groups in total. The van der Waals surface area contributed by atoms with Gasteiger partial charge in [-0.3, -0.25) is 0 Å². The molecule has 4 heteroatoms. The molecule has 1 heterocycles. The average Bonchev–Trinajstić information content (AvgIpc) is 3.14. The van der Waals surface area contributed by atoms with Gasteiger partial charge in [0.05, 0.1) is 0 Å². The Morgan fingerprint density at radius 3 is 2.59 bits per heavy atom. The van der Waals surface area contributed by atoms with Crippen LogP contribution in [-0.4, -0.2) is 23.1 Å². The normalized spacial score (nSPS) is 17.0. The monoisotopic (exact) mass is 253 g/mol. The molecule has 2 rings (SSSR count). The third-order valence-corrected chi connectivity index (χ3v) is 3.97. The maximum atomic E-state index is 6.21. The summed E-state index contributed by atoms with van der Waals surface area (Å²) in [5.74, 6) is 2.45. The Bertz CT molecular complexity index is 415. The highest BCUT2D eigenvalue weighted by Gasteiger charge is 2.28. The van der Waals surface area contributed by atoms with E-state index in [1.807, 2.05) is 6.92 Å². The Kier molecular flexibility index (Phi) is 3.57. The second-order valence-electron chi connectivity index (χ2n) is 4.96. The van der Waals surface area contributed by atoms with Gasteiger partial charge in [-0.1, -0.05) is 18.5 Å². The quantitative estimate of drug-likeness (QED) is 0.769. The molecule has 3 nitrogen and oxygen atoms in total. The van der Waals surface area contributed by atoms with Gasteiger partial charge in [-0.25, -0.2) is 9.97 Å². The fourth-order valence-corrected chi connectivity index (χ4v) is 2.02. The van der Waals surface area contributed by atoms with Crippen LogP contribution in [-0.2, 0) is 0 Å². The second kappa shape index (κ2) is 4.81. The molecule has 0 aromatic carbocycles. The molecule has 1 aliphatic rings. The van der Waals surface area contributed by atoms with Crippen LogP contribution in [0.5, 0.6) is 0 Å². The third-order valence-electron chi connectivity index (χ3n) is 3.61. The van der Waals surface area contributed by atoms with Crippen molar-refractivity contribution in [3.8, 4) is 0 Å². The van der Waals surface area contributed by atoms with Gasteiger partial charge in [0, 0.05) is 24.6 Å². The lowest BCUT2D eigenvalue weighted by molar-refractivity contribution is 0.651. The van der Waals surface area contributed by atoms with E-state index >= 15 is 0 Å². The van der Waals surface area contributed by atoms with Gasteiger partial charge in [0.25, 0.3) is 0 Å². The van der Waals surface area contributed by atoms with Crippen molar-refractivity contribution in [2.45, 2.75) is 52.0 Å². The van der Waals surface area contributed by atoms with Gasteiger partial charge >= 0.3 is 0 Å². The number of hydrogen-bond acceptors (Lipinski definition) is 3. The molecule has 1 unspecified atom stereocenters. The summed E-state index contributed by atoms with van der Waals surface area (Å²) in [6.07, 6.45) is 3.49. The van der Waals surface area contributed by atoms with E-state index in [4.69, 9.17) is 16.6 Å². The molecular formula is C13H20ClN3. The van der Waals surface area contributed by atoms with Crippen molar-refractivity contribution in [2.24, 2.45) is 0 Å². The first kappa shape index (κ1) is 12.6. The molecule has 94 valence electrons. The molecule has 0 saturated heterocycles. The van der Waals surface area contributed by atoms with E-state index < -0.39 is 0 Å². The zero-order chi connectivity index (χ0) is 12.6. The minimum Gasteiger partial charge on any atom is -0.357 e. The van der Waals surface area contributed by atoms with Crippen molar-refractivity contribution in [3.05, 3.63) is 16.5 Å². The Morgan fingerprint density at radius 1 is 1.41 bits per heavy atom. The van der Waals surface area contributed by atoms with Crippen molar-refractivity contribution in [3.63, 3.8) is 0 Å². The molecule has 17 heavy (non-hydrogen) atoms. The van der Waals surface area contributed by atoms with Gasteiger partial charge in [-0.2, -0.15) is 0 Å². The van der Waals surface area contributed by atoms with Crippen molar-refractivity contribution in [2.75, 3.05) is 11.9 Å². The maximum Gasteiger partial charge on any atom is 0.137 e. The van der Waals surface area contributed by atoms with Crippen molar-refractivity contribution >= 4 is 17.4 Å². The number of hydrogen-bond donors (Lipinski definition) is 0. The lowest BCUT2D eigenvalue weighted by Crippen LogP contribution is -2.30. The van der Waals surface area contributed by atoms with E-state index in [9.17, 15) is 0 Å². The minimum absolute atomic E-state index is 0.465. The molecule has 1 aliphatic carbocycles. The zero-order valence-electron chi connectivity index (χ0n) is 11.0. The summed E-state index contributed by atoms with van der Waals surface area (Å²) in [5, 5.41) is 0.604. The number of anilines is 1. The molecule has 1 aromatic heterocycles. The number of nitrogens with zero attached hydrogens (tertiary/aromatic N) is 3. The van der Waals surface area contributed by atoms with Crippen LogP contribution in [0, 0.1) is 6.92 Å². The van der Waals surface area contributed by atoms with Gasteiger partial charge in [0.15, 0.2) is 0 Å². The van der Waals surface area contributed by atoms with Crippen molar-refractivity contribution in [1.82, 2.24) is 9.97 Å². The van der Waals surface area contributed by atoms with Crippen LogP contribution >= 0.6 is 11.6 Å². The average molecular weight is 254 g/mol. The fourth-order valence-electron chi connectivity index (χ4n) is 1.84. The van der Waals surface area contributed by atoms with Crippen LogP contribution in [0.3, 0.4) is 0 Å². The van der Waals surface area contributed by atoms with E-state index in [2.05, 4.69) is 30.8 Å². The summed E-state index contributed by atoms with van der Waals surface area (Å²) < 4.78 is 0. The molecule has 0 aliphatic heterocycles. The molecule has 1 saturated carbocycles. The van der Waals surface area contributed by atoms with Crippen LogP contribution in [0.15, 0.2) is 0 Å². The van der Waals surface area contributed by atoms with Crippen LogP contribution in [0.1, 0.15) is 50.4 Å². The SMILES string of the molecule is CCC(C)N(C)c1nc(C2CC2)nc(Cl)c1C. The topological polar surface area (TPSA) is 29.0 Å². The largest absolute Gasteiger partial charge is 0.357 e. The summed E-state index contributed by atoms with van der Waals surface area (Å²) in [6.45, 7) is 6.38. The lowest BCUT2D eigenvalue weighted by Gasteiger charge is -2.27. The van der Waals surface area contributed by atoms with E-state index in [-0.39, 0.29) is 0 Å². The lowest BCUT2D eigenvalue weighted by atomic mass is 10.2. The first-order valence-corrected chi connectivity index (χ1v) is 6.69. The highest BCUT2D eigenvalue weighted by Crippen LogP contribution is 2.40. The van der Waals surface area contributed by atoms with Crippen molar-refractivity contribution < 1.29 is 0 Å². The Morgan fingerprint density at radius 2 is 2.06 bits per heavy atom. The van der Waals surface area contributed by atoms with E-state index in [1.54, 1.807) is 0 Å². The minimum atomic E-state index is 0.465. The number of rotatable bonds is 4. The fraction of sp³-hybridized carbons (Fsp3) is 0.692. The number of halogens is 1. The van der Waals surface area contributed by atoms with Gasteiger partial charge < -0.3 is 4.90 Å². The van der Waals surface area contributed by atoms with Gasteiger partial charge in [0.1, 0.15) is 16.8 Å². The molecule has 0 spiro atoms. The van der Waals surface area contributed by atoms with Crippen LogP contribution in [0.4, 0.5) is 5.82 Å². The predicted octanol–water partition coefficient (Wildman–Crippen LogP) is 3.55. The Labute approximate surface area is 108 Å². The van der Waals surface area contributed by atoms with E-state index in [1.165, 1.54) is 12.8 Å². The van der Waals surface area contributed by atoms with E-state index in [0.29, 0.717) is 17.1 Å². The van der Waals surface area contributed by atoms with Crippen LogP contribution in [0.2, 0.25) is 5.15 Å². The maximum absolute atomic E-state index is 6.21. The Hall–Kier alpha value is -0.830. The first-order chi connectivity index (χ1) is 8.04.